The molecule has 3 unspecified atom stereocenters. The number of fused-ring (bicyclic) bond motifs is 1. The topological polar surface area (TPSA) is 104 Å². The molecule has 2 rings (SSSR count). The van der Waals surface area contributed by atoms with Gasteiger partial charge < -0.3 is 10.4 Å². The van der Waals surface area contributed by atoms with E-state index in [0.29, 0.717) is 0 Å². The number of aliphatic carboxylic acids is 1. The predicted octanol–water partition coefficient (Wildman–Crippen LogP) is 1.53. The minimum Gasteiger partial charge on any atom is -0.481 e. The van der Waals surface area contributed by atoms with Crippen molar-refractivity contribution in [1.29, 1.82) is 0 Å². The second-order valence-electron chi connectivity index (χ2n) is 6.64. The van der Waals surface area contributed by atoms with Gasteiger partial charge in [-0.3, -0.25) is 24.1 Å². The molecule has 1 aliphatic heterocycles. The van der Waals surface area contributed by atoms with Crippen molar-refractivity contribution in [1.82, 2.24) is 10.2 Å². The van der Waals surface area contributed by atoms with Crippen LogP contribution in [-0.2, 0) is 9.59 Å². The zero-order valence-electron chi connectivity index (χ0n) is 14.6. The van der Waals surface area contributed by atoms with Crippen LogP contribution in [0, 0.1) is 11.8 Å². The standard InChI is InChI=1S/C18H22N2O5/c1-9(2)14(15(21)19-11(4)10(3)18(24)25)20-16(22)12-7-5-6-8-13(12)17(20)23/h5-11,14H,1-4H3,(H,19,21)(H,24,25). The van der Waals surface area contributed by atoms with Crippen LogP contribution in [0.4, 0.5) is 0 Å². The number of benzene rings is 1. The molecular weight excluding hydrogens is 324 g/mol. The second-order valence-corrected chi connectivity index (χ2v) is 6.64. The normalized spacial score (nSPS) is 17.2. The molecule has 3 amide bonds. The van der Waals surface area contributed by atoms with E-state index in [-0.39, 0.29) is 17.0 Å². The highest BCUT2D eigenvalue weighted by atomic mass is 16.4. The fraction of sp³-hybridized carbons (Fsp3) is 0.444. The van der Waals surface area contributed by atoms with Crippen molar-refractivity contribution in [2.24, 2.45) is 11.8 Å². The summed E-state index contributed by atoms with van der Waals surface area (Å²) in [6.45, 7) is 6.54. The molecule has 0 spiro atoms. The van der Waals surface area contributed by atoms with Crippen LogP contribution in [0.1, 0.15) is 48.4 Å². The number of nitrogens with one attached hydrogen (secondary N) is 1. The summed E-state index contributed by atoms with van der Waals surface area (Å²) < 4.78 is 0. The van der Waals surface area contributed by atoms with Crippen molar-refractivity contribution >= 4 is 23.7 Å². The van der Waals surface area contributed by atoms with Gasteiger partial charge in [-0.25, -0.2) is 0 Å². The van der Waals surface area contributed by atoms with E-state index in [4.69, 9.17) is 5.11 Å². The number of imide groups is 1. The van der Waals surface area contributed by atoms with Gasteiger partial charge in [0.2, 0.25) is 5.91 Å². The number of hydrogen-bond donors (Lipinski definition) is 2. The maximum absolute atomic E-state index is 12.7. The smallest absolute Gasteiger partial charge is 0.308 e. The van der Waals surface area contributed by atoms with Gasteiger partial charge in [0.05, 0.1) is 17.0 Å². The van der Waals surface area contributed by atoms with Crippen molar-refractivity contribution in [2.75, 3.05) is 0 Å². The third-order valence-electron chi connectivity index (χ3n) is 4.51. The zero-order valence-corrected chi connectivity index (χ0v) is 14.6. The molecule has 7 nitrogen and oxygen atoms in total. The highest BCUT2D eigenvalue weighted by molar-refractivity contribution is 6.22. The van der Waals surface area contributed by atoms with Gasteiger partial charge in [0.1, 0.15) is 6.04 Å². The fourth-order valence-corrected chi connectivity index (χ4v) is 2.83. The summed E-state index contributed by atoms with van der Waals surface area (Å²) in [7, 11) is 0. The maximum Gasteiger partial charge on any atom is 0.308 e. The first-order valence-electron chi connectivity index (χ1n) is 8.16. The first-order chi connectivity index (χ1) is 11.7. The average molecular weight is 346 g/mol. The van der Waals surface area contributed by atoms with E-state index in [9.17, 15) is 19.2 Å². The molecule has 0 bridgehead atoms. The molecule has 0 radical (unpaired) electrons. The Morgan fingerprint density at radius 3 is 1.88 bits per heavy atom. The molecule has 0 aliphatic carbocycles. The first kappa shape index (κ1) is 18.6. The average Bonchev–Trinajstić information content (AvgIpc) is 2.79. The van der Waals surface area contributed by atoms with E-state index in [0.717, 1.165) is 4.90 Å². The molecule has 0 fully saturated rings. The summed E-state index contributed by atoms with van der Waals surface area (Å²) in [6.07, 6.45) is 0. The van der Waals surface area contributed by atoms with E-state index < -0.39 is 41.7 Å². The fourth-order valence-electron chi connectivity index (χ4n) is 2.83. The quantitative estimate of drug-likeness (QED) is 0.760. The van der Waals surface area contributed by atoms with Gasteiger partial charge in [-0.05, 0) is 31.9 Å². The minimum absolute atomic E-state index is 0.276. The molecule has 7 heteroatoms. The number of carbonyl (C=O) groups is 4. The Morgan fingerprint density at radius 2 is 1.48 bits per heavy atom. The zero-order chi connectivity index (χ0) is 18.9. The highest BCUT2D eigenvalue weighted by Gasteiger charge is 2.44. The number of nitrogens with zero attached hydrogens (tertiary/aromatic N) is 1. The minimum atomic E-state index is -1.03. The van der Waals surface area contributed by atoms with E-state index in [1.165, 1.54) is 6.92 Å². The summed E-state index contributed by atoms with van der Waals surface area (Å²) in [4.78, 5) is 50.0. The summed E-state index contributed by atoms with van der Waals surface area (Å²) in [5, 5.41) is 11.7. The van der Waals surface area contributed by atoms with Crippen LogP contribution in [0.2, 0.25) is 0 Å². The number of hydrogen-bond acceptors (Lipinski definition) is 4. The van der Waals surface area contributed by atoms with Crippen LogP contribution in [-0.4, -0.2) is 45.8 Å². The van der Waals surface area contributed by atoms with Gasteiger partial charge in [0, 0.05) is 6.04 Å². The molecule has 134 valence electrons. The van der Waals surface area contributed by atoms with Crippen molar-refractivity contribution in [3.8, 4) is 0 Å². The van der Waals surface area contributed by atoms with Gasteiger partial charge in [-0.15, -0.1) is 0 Å². The summed E-state index contributed by atoms with van der Waals surface area (Å²) in [5.41, 5.74) is 0.552. The Morgan fingerprint density at radius 1 is 1.00 bits per heavy atom. The van der Waals surface area contributed by atoms with Crippen LogP contribution in [0.5, 0.6) is 0 Å². The van der Waals surface area contributed by atoms with E-state index >= 15 is 0 Å². The van der Waals surface area contributed by atoms with Gasteiger partial charge >= 0.3 is 5.97 Å². The molecule has 1 aromatic carbocycles. The Bertz CT molecular complexity index is 693. The van der Waals surface area contributed by atoms with Gasteiger partial charge in [-0.2, -0.15) is 0 Å². The molecule has 3 atom stereocenters. The molecule has 1 aromatic rings. The summed E-state index contributed by atoms with van der Waals surface area (Å²) >= 11 is 0. The third kappa shape index (κ3) is 3.40. The van der Waals surface area contributed by atoms with Gasteiger partial charge in [-0.1, -0.05) is 26.0 Å². The number of carbonyl (C=O) groups excluding carboxylic acids is 3. The Kier molecular flexibility index (Phi) is 5.25. The van der Waals surface area contributed by atoms with Crippen molar-refractivity contribution in [2.45, 2.75) is 39.8 Å². The van der Waals surface area contributed by atoms with E-state index in [2.05, 4.69) is 5.32 Å². The van der Waals surface area contributed by atoms with Crippen molar-refractivity contribution in [3.05, 3.63) is 35.4 Å². The molecule has 0 saturated carbocycles. The molecule has 25 heavy (non-hydrogen) atoms. The lowest BCUT2D eigenvalue weighted by Gasteiger charge is -2.30. The molecule has 2 N–H and O–H groups in total. The lowest BCUT2D eigenvalue weighted by Crippen LogP contribution is -2.55. The summed E-state index contributed by atoms with van der Waals surface area (Å²) in [5.74, 6) is -3.70. The lowest BCUT2D eigenvalue weighted by atomic mass is 9.99. The number of carboxylic acid groups (broad SMARTS) is 1. The predicted molar refractivity (Wildman–Crippen MR) is 90.0 cm³/mol. The van der Waals surface area contributed by atoms with Crippen LogP contribution in [0.15, 0.2) is 24.3 Å². The molecule has 1 heterocycles. The Hall–Kier alpha value is -2.70. The highest BCUT2D eigenvalue weighted by Crippen LogP contribution is 2.27. The molecular formula is C18H22N2O5. The van der Waals surface area contributed by atoms with E-state index in [1.807, 2.05) is 0 Å². The summed E-state index contributed by atoms with van der Waals surface area (Å²) in [6, 6.07) is 4.79. The first-order valence-corrected chi connectivity index (χ1v) is 8.16. The number of carboxylic acids is 1. The molecule has 0 aromatic heterocycles. The van der Waals surface area contributed by atoms with Gasteiger partial charge in [0.15, 0.2) is 0 Å². The molecule has 1 aliphatic rings. The van der Waals surface area contributed by atoms with Gasteiger partial charge in [0.25, 0.3) is 11.8 Å². The second kappa shape index (κ2) is 7.04. The third-order valence-corrected chi connectivity index (χ3v) is 4.51. The van der Waals surface area contributed by atoms with Crippen molar-refractivity contribution < 1.29 is 24.3 Å². The molecule has 0 saturated heterocycles. The lowest BCUT2D eigenvalue weighted by molar-refractivity contribution is -0.142. The van der Waals surface area contributed by atoms with Crippen LogP contribution >= 0.6 is 0 Å². The van der Waals surface area contributed by atoms with Crippen LogP contribution in [0.3, 0.4) is 0 Å². The Balaban J connectivity index is 2.28. The number of amides is 3. The van der Waals surface area contributed by atoms with Crippen LogP contribution < -0.4 is 5.32 Å². The SMILES string of the molecule is CC(C)C(C(=O)NC(C)C(C)C(=O)O)N1C(=O)c2ccccc2C1=O. The van der Waals surface area contributed by atoms with E-state index in [1.54, 1.807) is 45.0 Å². The largest absolute Gasteiger partial charge is 0.481 e. The maximum atomic E-state index is 12.7. The van der Waals surface area contributed by atoms with Crippen molar-refractivity contribution in [3.63, 3.8) is 0 Å². The number of rotatable bonds is 6. The monoisotopic (exact) mass is 346 g/mol. The Labute approximate surface area is 146 Å². The van der Waals surface area contributed by atoms with Crippen LogP contribution in [0.25, 0.3) is 0 Å².